The van der Waals surface area contributed by atoms with Gasteiger partial charge in [0.1, 0.15) is 5.76 Å². The largest absolute Gasteiger partial charge is 0.468 e. The summed E-state index contributed by atoms with van der Waals surface area (Å²) in [5.41, 5.74) is 2.46. The predicted molar refractivity (Wildman–Crippen MR) is 114 cm³/mol. The van der Waals surface area contributed by atoms with Gasteiger partial charge >= 0.3 is 0 Å². The van der Waals surface area contributed by atoms with Gasteiger partial charge in [0.2, 0.25) is 0 Å². The minimum absolute atomic E-state index is 0.434. The molecule has 0 spiro atoms. The zero-order chi connectivity index (χ0) is 19.5. The number of furan rings is 1. The lowest BCUT2D eigenvalue weighted by molar-refractivity contribution is 0.162. The monoisotopic (exact) mass is 391 g/mol. The van der Waals surface area contributed by atoms with E-state index in [1.54, 1.807) is 6.26 Å². The van der Waals surface area contributed by atoms with Crippen LogP contribution in [0.15, 0.2) is 59.3 Å². The number of pyridine rings is 1. The Labute approximate surface area is 172 Å². The van der Waals surface area contributed by atoms with Crippen molar-refractivity contribution in [2.24, 2.45) is 5.92 Å². The second-order valence-corrected chi connectivity index (χ2v) is 8.39. The second-order valence-electron chi connectivity index (χ2n) is 8.39. The van der Waals surface area contributed by atoms with E-state index >= 15 is 0 Å². The van der Waals surface area contributed by atoms with Crippen molar-refractivity contribution in [2.75, 3.05) is 26.3 Å². The molecule has 0 radical (unpaired) electrons. The van der Waals surface area contributed by atoms with Crippen LogP contribution in [0.1, 0.15) is 24.2 Å². The number of hydrogen-bond acceptors (Lipinski definition) is 5. The molecule has 0 aliphatic carbocycles. The van der Waals surface area contributed by atoms with Gasteiger partial charge in [-0.3, -0.25) is 9.88 Å². The lowest BCUT2D eigenvalue weighted by atomic mass is 9.92. The van der Waals surface area contributed by atoms with E-state index in [1.807, 2.05) is 12.3 Å². The number of piperidine rings is 1. The summed E-state index contributed by atoms with van der Waals surface area (Å²) in [6.45, 7) is 4.81. The lowest BCUT2D eigenvalue weighted by Gasteiger charge is -2.34. The van der Waals surface area contributed by atoms with Gasteiger partial charge in [0.15, 0.2) is 0 Å². The number of nitrogens with one attached hydrogen (secondary N) is 1. The molecular weight excluding hydrogens is 362 g/mol. The van der Waals surface area contributed by atoms with Crippen LogP contribution in [0.4, 0.5) is 0 Å². The third kappa shape index (κ3) is 4.37. The summed E-state index contributed by atoms with van der Waals surface area (Å²) in [6, 6.07) is 15.6. The molecule has 2 fully saturated rings. The Morgan fingerprint density at radius 2 is 1.93 bits per heavy atom. The SMILES string of the molecule is c1coc(CN2CCC(N[C@H]3COC[C@H]3Cc3ccnc4ccccc34)CC2)c1. The van der Waals surface area contributed by atoms with Crippen molar-refractivity contribution in [1.29, 1.82) is 0 Å². The molecule has 1 N–H and O–H groups in total. The first-order chi connectivity index (χ1) is 14.3. The molecule has 0 saturated carbocycles. The highest BCUT2D eigenvalue weighted by Gasteiger charge is 2.31. The van der Waals surface area contributed by atoms with Gasteiger partial charge in [-0.15, -0.1) is 0 Å². The van der Waals surface area contributed by atoms with Gasteiger partial charge in [0.25, 0.3) is 0 Å². The van der Waals surface area contributed by atoms with E-state index in [-0.39, 0.29) is 0 Å². The van der Waals surface area contributed by atoms with E-state index in [0.717, 1.165) is 50.5 Å². The molecule has 29 heavy (non-hydrogen) atoms. The van der Waals surface area contributed by atoms with Gasteiger partial charge in [-0.25, -0.2) is 0 Å². The average molecular weight is 392 g/mol. The normalized spacial score (nSPS) is 23.7. The van der Waals surface area contributed by atoms with Crippen molar-refractivity contribution >= 4 is 10.9 Å². The van der Waals surface area contributed by atoms with Gasteiger partial charge in [-0.1, -0.05) is 18.2 Å². The van der Waals surface area contributed by atoms with Crippen molar-refractivity contribution in [3.63, 3.8) is 0 Å². The molecule has 2 aliphatic heterocycles. The fourth-order valence-electron chi connectivity index (χ4n) is 4.78. The van der Waals surface area contributed by atoms with E-state index in [1.165, 1.54) is 23.8 Å². The Morgan fingerprint density at radius 3 is 2.79 bits per heavy atom. The Hall–Kier alpha value is -2.21. The van der Waals surface area contributed by atoms with Gasteiger partial charge in [-0.2, -0.15) is 0 Å². The van der Waals surface area contributed by atoms with E-state index in [2.05, 4.69) is 51.6 Å². The van der Waals surface area contributed by atoms with Gasteiger partial charge < -0.3 is 14.5 Å². The van der Waals surface area contributed by atoms with Gasteiger partial charge in [0, 0.05) is 42.7 Å². The molecule has 1 aromatic carbocycles. The topological polar surface area (TPSA) is 50.5 Å². The van der Waals surface area contributed by atoms with E-state index < -0.39 is 0 Å². The van der Waals surface area contributed by atoms with Crippen LogP contribution < -0.4 is 5.32 Å². The summed E-state index contributed by atoms with van der Waals surface area (Å²) in [5, 5.41) is 5.20. The molecule has 152 valence electrons. The third-order valence-electron chi connectivity index (χ3n) is 6.42. The number of nitrogens with zero attached hydrogens (tertiary/aromatic N) is 2. The van der Waals surface area contributed by atoms with Crippen molar-refractivity contribution in [2.45, 2.75) is 37.9 Å². The molecule has 0 amide bonds. The highest BCUT2D eigenvalue weighted by atomic mass is 16.5. The minimum atomic E-state index is 0.434. The molecule has 3 aromatic rings. The summed E-state index contributed by atoms with van der Waals surface area (Å²) in [6.07, 6.45) is 7.10. The van der Waals surface area contributed by atoms with Crippen LogP contribution in [-0.2, 0) is 17.7 Å². The molecule has 2 atom stereocenters. The Balaban J connectivity index is 1.17. The van der Waals surface area contributed by atoms with Crippen LogP contribution in [0, 0.1) is 5.92 Å². The predicted octanol–water partition coefficient (Wildman–Crippen LogP) is 3.64. The number of para-hydroxylation sites is 1. The van der Waals surface area contributed by atoms with Crippen LogP contribution in [-0.4, -0.2) is 48.3 Å². The Morgan fingerprint density at radius 1 is 1.03 bits per heavy atom. The number of likely N-dealkylation sites (tertiary alicyclic amines) is 1. The van der Waals surface area contributed by atoms with Crippen LogP contribution in [0.5, 0.6) is 0 Å². The lowest BCUT2D eigenvalue weighted by Crippen LogP contribution is -2.48. The van der Waals surface area contributed by atoms with Crippen molar-refractivity contribution < 1.29 is 9.15 Å². The molecule has 5 rings (SSSR count). The highest BCUT2D eigenvalue weighted by Crippen LogP contribution is 2.25. The van der Waals surface area contributed by atoms with Crippen molar-refractivity contribution in [3.8, 4) is 0 Å². The number of rotatable bonds is 6. The molecule has 2 saturated heterocycles. The fraction of sp³-hybridized carbons (Fsp3) is 0.458. The van der Waals surface area contributed by atoms with Crippen LogP contribution >= 0.6 is 0 Å². The smallest absolute Gasteiger partial charge is 0.117 e. The van der Waals surface area contributed by atoms with Crippen LogP contribution in [0.3, 0.4) is 0 Å². The highest BCUT2D eigenvalue weighted by molar-refractivity contribution is 5.81. The van der Waals surface area contributed by atoms with Crippen LogP contribution in [0.25, 0.3) is 10.9 Å². The van der Waals surface area contributed by atoms with Gasteiger partial charge in [-0.05, 0) is 49.1 Å². The first kappa shape index (κ1) is 18.8. The molecule has 5 nitrogen and oxygen atoms in total. The van der Waals surface area contributed by atoms with Crippen LogP contribution in [0.2, 0.25) is 0 Å². The second kappa shape index (κ2) is 8.66. The number of hydrogen-bond donors (Lipinski definition) is 1. The van der Waals surface area contributed by atoms with E-state index in [0.29, 0.717) is 18.0 Å². The first-order valence-electron chi connectivity index (χ1n) is 10.8. The maximum Gasteiger partial charge on any atom is 0.117 e. The Bertz CT molecular complexity index is 914. The maximum absolute atomic E-state index is 5.89. The standard InChI is InChI=1S/C24H29N3O2/c1-2-6-23-22(5-1)18(7-10-25-23)14-19-16-28-17-24(19)26-20-8-11-27(12-9-20)15-21-4-3-13-29-21/h1-7,10,13,19-20,24,26H,8-9,11-12,14-17H2/t19-,24+/m1/s1. The Kier molecular flexibility index (Phi) is 5.61. The maximum atomic E-state index is 5.89. The first-order valence-corrected chi connectivity index (χ1v) is 10.8. The van der Waals surface area contributed by atoms with E-state index in [9.17, 15) is 0 Å². The molecule has 0 bridgehead atoms. The number of ether oxygens (including phenoxy) is 1. The molecule has 4 heterocycles. The number of benzene rings is 1. The zero-order valence-electron chi connectivity index (χ0n) is 16.8. The summed E-state index contributed by atoms with van der Waals surface area (Å²) in [7, 11) is 0. The summed E-state index contributed by atoms with van der Waals surface area (Å²) in [5.74, 6) is 1.58. The van der Waals surface area contributed by atoms with Crippen molar-refractivity contribution in [3.05, 3.63) is 66.2 Å². The molecule has 5 heteroatoms. The molecule has 2 aromatic heterocycles. The molecule has 0 unspecified atom stereocenters. The number of aromatic nitrogens is 1. The summed E-state index contributed by atoms with van der Waals surface area (Å²) in [4.78, 5) is 6.99. The summed E-state index contributed by atoms with van der Waals surface area (Å²) >= 11 is 0. The fourth-order valence-corrected chi connectivity index (χ4v) is 4.78. The quantitative estimate of drug-likeness (QED) is 0.695. The van der Waals surface area contributed by atoms with Crippen molar-refractivity contribution in [1.82, 2.24) is 15.2 Å². The van der Waals surface area contributed by atoms with Gasteiger partial charge in [0.05, 0.1) is 31.5 Å². The average Bonchev–Trinajstić information content (AvgIpc) is 3.42. The molecular formula is C24H29N3O2. The number of fused-ring (bicyclic) bond motifs is 1. The summed E-state index contributed by atoms with van der Waals surface area (Å²) < 4.78 is 11.4. The minimum Gasteiger partial charge on any atom is -0.468 e. The zero-order valence-corrected chi connectivity index (χ0v) is 16.8. The molecule has 2 aliphatic rings. The third-order valence-corrected chi connectivity index (χ3v) is 6.42. The van der Waals surface area contributed by atoms with E-state index in [4.69, 9.17) is 9.15 Å².